The molecule has 2 aromatic carbocycles. The number of carbonyl (C=O) groups is 2. The Morgan fingerprint density at radius 1 is 1.07 bits per heavy atom. The van der Waals surface area contributed by atoms with Gasteiger partial charge in [-0.2, -0.15) is 0 Å². The molecule has 0 aliphatic carbocycles. The van der Waals surface area contributed by atoms with Gasteiger partial charge in [0.05, 0.1) is 11.3 Å². The molecule has 3 aliphatic heterocycles. The standard InChI is InChI=1S/C20H19ClN4O4/c21-12-1-3-14-15(9-12)23-20(24-18(14)26)5-7-25(8-6-20)19(27)22-13-2-4-16-17(10-13)29-11-28-16/h1-4,9-10,23H,5-8,11H2,(H,22,27)(H,24,26). The Morgan fingerprint density at radius 3 is 2.69 bits per heavy atom. The number of anilines is 2. The van der Waals surface area contributed by atoms with Crippen LogP contribution in [-0.4, -0.2) is 42.4 Å². The molecule has 1 saturated heterocycles. The van der Waals surface area contributed by atoms with Gasteiger partial charge in [-0.25, -0.2) is 4.79 Å². The summed E-state index contributed by atoms with van der Waals surface area (Å²) in [5, 5.41) is 9.94. The van der Waals surface area contributed by atoms with Gasteiger partial charge in [-0.05, 0) is 30.3 Å². The lowest BCUT2D eigenvalue weighted by Crippen LogP contribution is -2.63. The largest absolute Gasteiger partial charge is 0.454 e. The van der Waals surface area contributed by atoms with Crippen LogP contribution in [0.15, 0.2) is 36.4 Å². The molecular formula is C20H19ClN4O4. The molecule has 150 valence electrons. The van der Waals surface area contributed by atoms with E-state index in [2.05, 4.69) is 16.0 Å². The maximum Gasteiger partial charge on any atom is 0.321 e. The van der Waals surface area contributed by atoms with E-state index in [1.54, 1.807) is 41.3 Å². The Kier molecular flexibility index (Phi) is 4.16. The van der Waals surface area contributed by atoms with Gasteiger partial charge < -0.3 is 30.3 Å². The van der Waals surface area contributed by atoms with Crippen molar-refractivity contribution >= 4 is 34.9 Å². The van der Waals surface area contributed by atoms with E-state index in [0.29, 0.717) is 53.7 Å². The number of halogens is 1. The van der Waals surface area contributed by atoms with Crippen LogP contribution in [-0.2, 0) is 0 Å². The van der Waals surface area contributed by atoms with E-state index in [9.17, 15) is 9.59 Å². The van der Waals surface area contributed by atoms with Crippen molar-refractivity contribution in [2.45, 2.75) is 18.5 Å². The Morgan fingerprint density at radius 2 is 1.86 bits per heavy atom. The Bertz CT molecular complexity index is 1000. The van der Waals surface area contributed by atoms with Crippen molar-refractivity contribution in [2.24, 2.45) is 0 Å². The zero-order valence-electron chi connectivity index (χ0n) is 15.5. The number of urea groups is 1. The molecule has 3 amide bonds. The highest BCUT2D eigenvalue weighted by Gasteiger charge is 2.41. The minimum atomic E-state index is -0.579. The lowest BCUT2D eigenvalue weighted by Gasteiger charge is -2.45. The van der Waals surface area contributed by atoms with Crippen LogP contribution in [0.2, 0.25) is 5.02 Å². The van der Waals surface area contributed by atoms with E-state index in [0.717, 1.165) is 5.69 Å². The smallest absolute Gasteiger partial charge is 0.321 e. The summed E-state index contributed by atoms with van der Waals surface area (Å²) in [6.45, 7) is 1.19. The van der Waals surface area contributed by atoms with Crippen molar-refractivity contribution in [1.82, 2.24) is 10.2 Å². The van der Waals surface area contributed by atoms with Crippen LogP contribution in [0.4, 0.5) is 16.2 Å². The second kappa shape index (κ2) is 6.73. The highest BCUT2D eigenvalue weighted by atomic mass is 35.5. The number of amides is 3. The molecule has 3 heterocycles. The molecular weight excluding hydrogens is 396 g/mol. The fourth-order valence-corrected chi connectivity index (χ4v) is 4.08. The van der Waals surface area contributed by atoms with Crippen LogP contribution in [0.1, 0.15) is 23.2 Å². The zero-order chi connectivity index (χ0) is 20.0. The minimum absolute atomic E-state index is 0.131. The first-order valence-electron chi connectivity index (χ1n) is 9.37. The van der Waals surface area contributed by atoms with Crippen molar-refractivity contribution in [1.29, 1.82) is 0 Å². The van der Waals surface area contributed by atoms with Gasteiger partial charge in [-0.15, -0.1) is 0 Å². The number of hydrogen-bond donors (Lipinski definition) is 3. The third-order valence-electron chi connectivity index (χ3n) is 5.48. The Balaban J connectivity index is 1.24. The topological polar surface area (TPSA) is 91.9 Å². The molecule has 0 unspecified atom stereocenters. The molecule has 0 atom stereocenters. The highest BCUT2D eigenvalue weighted by molar-refractivity contribution is 6.31. The van der Waals surface area contributed by atoms with Crippen molar-refractivity contribution in [2.75, 3.05) is 30.5 Å². The SMILES string of the molecule is O=C1NC2(CCN(C(=O)Nc3ccc4c(c3)OCO4)CC2)Nc2cc(Cl)ccc21. The van der Waals surface area contributed by atoms with E-state index in [4.69, 9.17) is 21.1 Å². The summed E-state index contributed by atoms with van der Waals surface area (Å²) in [5.74, 6) is 1.16. The van der Waals surface area contributed by atoms with Gasteiger partial charge in [-0.1, -0.05) is 11.6 Å². The summed E-state index contributed by atoms with van der Waals surface area (Å²) in [7, 11) is 0. The van der Waals surface area contributed by atoms with Gasteiger partial charge in [0.1, 0.15) is 5.66 Å². The molecule has 29 heavy (non-hydrogen) atoms. The normalized spacial score (nSPS) is 18.7. The van der Waals surface area contributed by atoms with Crippen molar-refractivity contribution in [3.8, 4) is 11.5 Å². The Hall–Kier alpha value is -3.13. The molecule has 1 fully saturated rings. The summed E-state index contributed by atoms with van der Waals surface area (Å²) in [6.07, 6.45) is 1.17. The number of fused-ring (bicyclic) bond motifs is 2. The van der Waals surface area contributed by atoms with Gasteiger partial charge >= 0.3 is 6.03 Å². The number of piperidine rings is 1. The number of rotatable bonds is 1. The Labute approximate surface area is 172 Å². The average molecular weight is 415 g/mol. The lowest BCUT2D eigenvalue weighted by atomic mass is 9.92. The van der Waals surface area contributed by atoms with Crippen molar-refractivity contribution in [3.05, 3.63) is 47.0 Å². The summed E-state index contributed by atoms with van der Waals surface area (Å²) >= 11 is 6.08. The fraction of sp³-hybridized carbons (Fsp3) is 0.300. The molecule has 8 nitrogen and oxygen atoms in total. The van der Waals surface area contributed by atoms with Gasteiger partial charge in [0.15, 0.2) is 11.5 Å². The summed E-state index contributed by atoms with van der Waals surface area (Å²) < 4.78 is 10.6. The van der Waals surface area contributed by atoms with Crippen LogP contribution in [0.3, 0.4) is 0 Å². The third-order valence-corrected chi connectivity index (χ3v) is 5.72. The van der Waals surface area contributed by atoms with E-state index in [-0.39, 0.29) is 18.7 Å². The predicted molar refractivity (Wildman–Crippen MR) is 108 cm³/mol. The summed E-state index contributed by atoms with van der Waals surface area (Å²) in [6, 6.07) is 10.3. The molecule has 5 rings (SSSR count). The van der Waals surface area contributed by atoms with Crippen molar-refractivity contribution in [3.63, 3.8) is 0 Å². The molecule has 2 aromatic rings. The van der Waals surface area contributed by atoms with E-state index in [1.807, 2.05) is 0 Å². The van der Waals surface area contributed by atoms with E-state index >= 15 is 0 Å². The molecule has 9 heteroatoms. The van der Waals surface area contributed by atoms with Crippen LogP contribution in [0.5, 0.6) is 11.5 Å². The monoisotopic (exact) mass is 414 g/mol. The fourth-order valence-electron chi connectivity index (χ4n) is 3.91. The van der Waals surface area contributed by atoms with Gasteiger partial charge in [-0.3, -0.25) is 4.79 Å². The van der Waals surface area contributed by atoms with Crippen LogP contribution in [0.25, 0.3) is 0 Å². The second-order valence-electron chi connectivity index (χ2n) is 7.34. The number of likely N-dealkylation sites (tertiary alicyclic amines) is 1. The third kappa shape index (κ3) is 3.29. The zero-order valence-corrected chi connectivity index (χ0v) is 16.2. The van der Waals surface area contributed by atoms with Crippen LogP contribution >= 0.6 is 11.6 Å². The minimum Gasteiger partial charge on any atom is -0.454 e. The predicted octanol–water partition coefficient (Wildman–Crippen LogP) is 3.25. The molecule has 0 saturated carbocycles. The van der Waals surface area contributed by atoms with E-state index in [1.165, 1.54) is 0 Å². The molecule has 1 spiro atoms. The number of nitrogens with one attached hydrogen (secondary N) is 3. The first-order chi connectivity index (χ1) is 14.0. The molecule has 3 aliphatic rings. The van der Waals surface area contributed by atoms with Crippen LogP contribution < -0.4 is 25.4 Å². The van der Waals surface area contributed by atoms with Gasteiger partial charge in [0.2, 0.25) is 6.79 Å². The lowest BCUT2D eigenvalue weighted by molar-refractivity contribution is 0.0852. The molecule has 3 N–H and O–H groups in total. The average Bonchev–Trinajstić information content (AvgIpc) is 3.16. The number of hydrogen-bond acceptors (Lipinski definition) is 5. The quantitative estimate of drug-likeness (QED) is 0.666. The maximum absolute atomic E-state index is 12.7. The number of ether oxygens (including phenoxy) is 2. The van der Waals surface area contributed by atoms with Crippen LogP contribution in [0, 0.1) is 0 Å². The van der Waals surface area contributed by atoms with Crippen molar-refractivity contribution < 1.29 is 19.1 Å². The highest BCUT2D eigenvalue weighted by Crippen LogP contribution is 2.35. The van der Waals surface area contributed by atoms with E-state index < -0.39 is 5.66 Å². The molecule has 0 bridgehead atoms. The van der Waals surface area contributed by atoms with Gasteiger partial charge in [0, 0.05) is 42.7 Å². The van der Waals surface area contributed by atoms with Gasteiger partial charge in [0.25, 0.3) is 5.91 Å². The molecule has 0 radical (unpaired) electrons. The number of nitrogens with zero attached hydrogens (tertiary/aromatic N) is 1. The number of carbonyl (C=O) groups excluding carboxylic acids is 2. The number of benzene rings is 2. The first kappa shape index (κ1) is 17.9. The first-order valence-corrected chi connectivity index (χ1v) is 9.75. The maximum atomic E-state index is 12.7. The molecule has 0 aromatic heterocycles. The summed E-state index contributed by atoms with van der Waals surface area (Å²) in [5.41, 5.74) is 1.36. The second-order valence-corrected chi connectivity index (χ2v) is 7.77. The summed E-state index contributed by atoms with van der Waals surface area (Å²) in [4.78, 5) is 26.9.